The minimum Gasteiger partial charge on any atom is -0.362 e. The summed E-state index contributed by atoms with van der Waals surface area (Å²) in [5.41, 5.74) is 3.60. The van der Waals surface area contributed by atoms with Crippen LogP contribution in [0.2, 0.25) is 0 Å². The fourth-order valence-corrected chi connectivity index (χ4v) is 5.39. The van der Waals surface area contributed by atoms with E-state index in [2.05, 4.69) is 36.6 Å². The first-order valence-electron chi connectivity index (χ1n) is 14.1. The van der Waals surface area contributed by atoms with E-state index in [9.17, 15) is 14.4 Å². The third-order valence-corrected chi connectivity index (χ3v) is 8.09. The average Bonchev–Trinajstić information content (AvgIpc) is 3.90. The van der Waals surface area contributed by atoms with Crippen LogP contribution in [0.15, 0.2) is 42.9 Å². The largest absolute Gasteiger partial charge is 0.362 e. The molecule has 13 heteroatoms. The molecule has 0 radical (unpaired) electrons. The van der Waals surface area contributed by atoms with Gasteiger partial charge in [-0.1, -0.05) is 0 Å². The van der Waals surface area contributed by atoms with Gasteiger partial charge in [0.2, 0.25) is 5.91 Å². The zero-order chi connectivity index (χ0) is 29.1. The molecular formula is C29H30N10O3. The van der Waals surface area contributed by atoms with Gasteiger partial charge in [0.25, 0.3) is 5.91 Å². The molecule has 2 saturated carbocycles. The quantitative estimate of drug-likeness (QED) is 0.306. The maximum Gasteiger partial charge on any atom is 0.332 e. The first-order chi connectivity index (χ1) is 20.2. The van der Waals surface area contributed by atoms with Crippen LogP contribution in [0.4, 0.5) is 22.2 Å². The Morgan fingerprint density at radius 3 is 2.62 bits per heavy atom. The SMILES string of the molecule is Cc1ccnc(C2CC2C(=O)Nc2cc(N[C@@H](C)c3cc4cc(C5CC5)cc(N5CC(=O)N(C)C5=O)n4n3)ncn2)n1. The van der Waals surface area contributed by atoms with Gasteiger partial charge in [0, 0.05) is 36.8 Å². The molecule has 7 rings (SSSR count). The Labute approximate surface area is 241 Å². The van der Waals surface area contributed by atoms with Crippen molar-refractivity contribution in [3.63, 3.8) is 0 Å². The van der Waals surface area contributed by atoms with Gasteiger partial charge < -0.3 is 10.6 Å². The lowest BCUT2D eigenvalue weighted by molar-refractivity contribution is -0.124. The van der Waals surface area contributed by atoms with Crippen LogP contribution in [-0.2, 0) is 9.59 Å². The molecule has 3 atom stereocenters. The van der Waals surface area contributed by atoms with Crippen molar-refractivity contribution < 1.29 is 14.4 Å². The number of hydrogen-bond donors (Lipinski definition) is 2. The summed E-state index contributed by atoms with van der Waals surface area (Å²) in [4.78, 5) is 57.9. The highest BCUT2D eigenvalue weighted by Gasteiger charge is 2.46. The normalized spacial score (nSPS) is 20.7. The number of carbonyl (C=O) groups excluding carboxylic acids is 3. The molecule has 3 fully saturated rings. The van der Waals surface area contributed by atoms with Gasteiger partial charge in [0.15, 0.2) is 0 Å². The van der Waals surface area contributed by atoms with E-state index in [1.165, 1.54) is 18.3 Å². The zero-order valence-electron chi connectivity index (χ0n) is 23.5. The van der Waals surface area contributed by atoms with E-state index in [0.717, 1.165) is 40.2 Å². The Balaban J connectivity index is 1.08. The lowest BCUT2D eigenvalue weighted by Crippen LogP contribution is -2.31. The summed E-state index contributed by atoms with van der Waals surface area (Å²) in [5, 5.41) is 11.0. The maximum absolute atomic E-state index is 12.9. The van der Waals surface area contributed by atoms with Crippen molar-refractivity contribution in [1.29, 1.82) is 0 Å². The van der Waals surface area contributed by atoms with Crippen LogP contribution in [0.3, 0.4) is 0 Å². The van der Waals surface area contributed by atoms with E-state index in [4.69, 9.17) is 5.10 Å². The molecule has 4 aromatic rings. The van der Waals surface area contributed by atoms with Gasteiger partial charge >= 0.3 is 6.03 Å². The van der Waals surface area contributed by atoms with Crippen molar-refractivity contribution in [3.8, 4) is 0 Å². The Morgan fingerprint density at radius 1 is 1.07 bits per heavy atom. The number of pyridine rings is 1. The fraction of sp³-hybridized carbons (Fsp3) is 0.379. The van der Waals surface area contributed by atoms with E-state index < -0.39 is 0 Å². The molecule has 13 nitrogen and oxygen atoms in total. The van der Waals surface area contributed by atoms with Crippen LogP contribution in [0.5, 0.6) is 0 Å². The van der Waals surface area contributed by atoms with E-state index in [-0.39, 0.29) is 42.3 Å². The van der Waals surface area contributed by atoms with Crippen molar-refractivity contribution in [2.24, 2.45) is 5.92 Å². The second-order valence-electron chi connectivity index (χ2n) is 11.3. The molecule has 0 aromatic carbocycles. The predicted octanol–water partition coefficient (Wildman–Crippen LogP) is 3.41. The fourth-order valence-electron chi connectivity index (χ4n) is 5.39. The number of likely N-dealkylation sites (N-methyl/N-ethyl adjacent to an activating group) is 1. The molecule has 4 aromatic heterocycles. The summed E-state index contributed by atoms with van der Waals surface area (Å²) in [7, 11) is 1.49. The zero-order valence-corrected chi connectivity index (χ0v) is 23.5. The first-order valence-corrected chi connectivity index (χ1v) is 14.1. The molecule has 1 saturated heterocycles. The van der Waals surface area contributed by atoms with Crippen molar-refractivity contribution in [2.45, 2.75) is 51.0 Å². The molecule has 214 valence electrons. The van der Waals surface area contributed by atoms with Crippen LogP contribution >= 0.6 is 0 Å². The third-order valence-electron chi connectivity index (χ3n) is 8.09. The van der Waals surface area contributed by atoms with Gasteiger partial charge in [0.05, 0.1) is 17.3 Å². The molecule has 0 spiro atoms. The Bertz CT molecular complexity index is 1750. The van der Waals surface area contributed by atoms with Crippen molar-refractivity contribution in [1.82, 2.24) is 34.4 Å². The predicted molar refractivity (Wildman–Crippen MR) is 153 cm³/mol. The standard InChI is InChI=1S/C29H30N10O3/c1-15-6-7-30-27(33-15)20-11-21(20)28(41)35-24-12-23(31-14-32-24)34-16(2)22-10-19-8-18(17-4-5-17)9-25(39(19)36-22)38-13-26(40)37(3)29(38)42/h6-10,12,14,16-17,20-21H,4-5,11,13H2,1-3H3,(H2,31,32,34,35,41)/t16-,20?,21?/m0/s1. The van der Waals surface area contributed by atoms with Crippen LogP contribution < -0.4 is 15.5 Å². The number of urea groups is 1. The van der Waals surface area contributed by atoms with Gasteiger partial charge in [-0.15, -0.1) is 0 Å². The highest BCUT2D eigenvalue weighted by Crippen LogP contribution is 2.46. The minimum atomic E-state index is -0.364. The Morgan fingerprint density at radius 2 is 1.88 bits per heavy atom. The second-order valence-corrected chi connectivity index (χ2v) is 11.3. The molecule has 2 unspecified atom stereocenters. The van der Waals surface area contributed by atoms with Gasteiger partial charge in [-0.25, -0.2) is 29.2 Å². The molecule has 42 heavy (non-hydrogen) atoms. The van der Waals surface area contributed by atoms with E-state index in [1.54, 1.807) is 16.8 Å². The molecule has 3 aliphatic rings. The number of hydrogen-bond acceptors (Lipinski definition) is 9. The third kappa shape index (κ3) is 4.80. The maximum atomic E-state index is 12.9. The van der Waals surface area contributed by atoms with E-state index >= 15 is 0 Å². The van der Waals surface area contributed by atoms with Gasteiger partial charge in [-0.05, 0) is 68.9 Å². The number of anilines is 3. The smallest absolute Gasteiger partial charge is 0.332 e. The Kier molecular flexibility index (Phi) is 6.10. The van der Waals surface area contributed by atoms with E-state index in [0.29, 0.717) is 35.6 Å². The first kappa shape index (κ1) is 26.0. The summed E-state index contributed by atoms with van der Waals surface area (Å²) >= 11 is 0. The summed E-state index contributed by atoms with van der Waals surface area (Å²) in [6, 6.07) is 8.95. The van der Waals surface area contributed by atoms with Gasteiger partial charge in [-0.2, -0.15) is 5.10 Å². The lowest BCUT2D eigenvalue weighted by Gasteiger charge is -2.17. The van der Waals surface area contributed by atoms with Crippen LogP contribution in [0.25, 0.3) is 5.52 Å². The number of nitrogens with zero attached hydrogens (tertiary/aromatic N) is 8. The number of imide groups is 1. The van der Waals surface area contributed by atoms with Crippen molar-refractivity contribution in [3.05, 3.63) is 65.6 Å². The Hall–Kier alpha value is -4.94. The summed E-state index contributed by atoms with van der Waals surface area (Å²) in [6.07, 6.45) is 6.03. The number of aryl methyl sites for hydroxylation is 1. The number of aromatic nitrogens is 6. The highest BCUT2D eigenvalue weighted by molar-refractivity contribution is 6.11. The minimum absolute atomic E-state index is 0.0131. The highest BCUT2D eigenvalue weighted by atomic mass is 16.2. The molecule has 2 N–H and O–H groups in total. The topological polar surface area (TPSA) is 151 Å². The number of carbonyl (C=O) groups is 3. The summed E-state index contributed by atoms with van der Waals surface area (Å²) in [5.74, 6) is 2.11. The number of fused-ring (bicyclic) bond motifs is 1. The molecule has 1 aliphatic heterocycles. The van der Waals surface area contributed by atoms with Crippen LogP contribution in [0.1, 0.15) is 66.8 Å². The van der Waals surface area contributed by atoms with Crippen LogP contribution in [-0.4, -0.2) is 65.9 Å². The molecular weight excluding hydrogens is 536 g/mol. The average molecular weight is 567 g/mol. The molecule has 0 bridgehead atoms. The molecule has 4 amide bonds. The van der Waals surface area contributed by atoms with E-state index in [1.807, 2.05) is 32.0 Å². The summed E-state index contributed by atoms with van der Waals surface area (Å²) < 4.78 is 1.72. The second kappa shape index (κ2) is 9.86. The number of nitrogens with one attached hydrogen (secondary N) is 2. The summed E-state index contributed by atoms with van der Waals surface area (Å²) in [6.45, 7) is 3.85. The molecule has 5 heterocycles. The molecule has 2 aliphatic carbocycles. The number of rotatable bonds is 8. The van der Waals surface area contributed by atoms with Crippen LogP contribution in [0, 0.1) is 12.8 Å². The van der Waals surface area contributed by atoms with Gasteiger partial charge in [-0.3, -0.25) is 19.4 Å². The monoisotopic (exact) mass is 566 g/mol. The lowest BCUT2D eigenvalue weighted by atomic mass is 10.1. The van der Waals surface area contributed by atoms with Gasteiger partial charge in [0.1, 0.15) is 36.2 Å². The van der Waals surface area contributed by atoms with Crippen molar-refractivity contribution >= 4 is 40.8 Å². The van der Waals surface area contributed by atoms with Crippen molar-refractivity contribution in [2.75, 3.05) is 29.1 Å². The number of amides is 4.